The van der Waals surface area contributed by atoms with Gasteiger partial charge < -0.3 is 5.32 Å². The van der Waals surface area contributed by atoms with Crippen LogP contribution in [-0.4, -0.2) is 36.8 Å². The van der Waals surface area contributed by atoms with E-state index in [2.05, 4.69) is 10.3 Å². The van der Waals surface area contributed by atoms with Gasteiger partial charge in [-0.3, -0.25) is 0 Å². The second kappa shape index (κ2) is 6.28. The fourth-order valence-electron chi connectivity index (χ4n) is 2.08. The van der Waals surface area contributed by atoms with E-state index in [9.17, 15) is 8.42 Å². The number of rotatable bonds is 7. The van der Waals surface area contributed by atoms with Crippen LogP contribution >= 0.6 is 11.6 Å². The number of halogens is 1. The van der Waals surface area contributed by atoms with Crippen molar-refractivity contribution < 1.29 is 8.42 Å². The summed E-state index contributed by atoms with van der Waals surface area (Å²) in [7, 11) is -3.50. The molecule has 0 spiro atoms. The molecule has 0 aliphatic heterocycles. The van der Waals surface area contributed by atoms with Crippen LogP contribution in [-0.2, 0) is 10.0 Å². The monoisotopic (exact) mass is 317 g/mol. The van der Waals surface area contributed by atoms with E-state index in [0.29, 0.717) is 23.9 Å². The third kappa shape index (κ3) is 3.24. The van der Waals surface area contributed by atoms with E-state index in [0.717, 1.165) is 19.3 Å². The van der Waals surface area contributed by atoms with Crippen LogP contribution in [0.3, 0.4) is 0 Å². The van der Waals surface area contributed by atoms with Crippen LogP contribution in [0.4, 0.5) is 5.82 Å². The van der Waals surface area contributed by atoms with Crippen LogP contribution in [0.5, 0.6) is 0 Å². The Hall–Kier alpha value is -0.850. The summed E-state index contributed by atoms with van der Waals surface area (Å²) in [6.07, 6.45) is 4.06. The van der Waals surface area contributed by atoms with E-state index in [1.807, 2.05) is 13.8 Å². The number of pyridine rings is 1. The lowest BCUT2D eigenvalue weighted by molar-refractivity contribution is 0.403. The summed E-state index contributed by atoms with van der Waals surface area (Å²) in [5, 5.41) is 3.33. The highest BCUT2D eigenvalue weighted by Gasteiger charge is 2.37. The van der Waals surface area contributed by atoms with Crippen molar-refractivity contribution in [3.05, 3.63) is 17.3 Å². The first-order valence-corrected chi connectivity index (χ1v) is 8.73. The molecule has 7 heteroatoms. The summed E-state index contributed by atoms with van der Waals surface area (Å²) in [5.41, 5.74) is 0. The molecule has 1 saturated carbocycles. The van der Waals surface area contributed by atoms with Gasteiger partial charge in [-0.2, -0.15) is 4.31 Å². The molecule has 0 bridgehead atoms. The maximum Gasteiger partial charge on any atom is 0.244 e. The lowest BCUT2D eigenvalue weighted by atomic mass is 10.4. The SMILES string of the molecule is CCCN(C1CC1)S(=O)(=O)c1cnc(NCC)c(Cl)c1. The fourth-order valence-corrected chi connectivity index (χ4v) is 4.12. The van der Waals surface area contributed by atoms with Crippen molar-refractivity contribution in [2.24, 2.45) is 0 Å². The minimum atomic E-state index is -3.50. The van der Waals surface area contributed by atoms with E-state index >= 15 is 0 Å². The van der Waals surface area contributed by atoms with E-state index in [4.69, 9.17) is 11.6 Å². The largest absolute Gasteiger partial charge is 0.369 e. The lowest BCUT2D eigenvalue weighted by Gasteiger charge is -2.21. The van der Waals surface area contributed by atoms with Crippen LogP contribution in [0, 0.1) is 0 Å². The Labute approximate surface area is 125 Å². The third-order valence-electron chi connectivity index (χ3n) is 3.17. The second-order valence-corrected chi connectivity index (χ2v) is 7.18. The predicted molar refractivity (Wildman–Crippen MR) is 80.6 cm³/mol. The predicted octanol–water partition coefficient (Wildman–Crippen LogP) is 2.73. The van der Waals surface area contributed by atoms with E-state index < -0.39 is 10.0 Å². The van der Waals surface area contributed by atoms with Crippen molar-refractivity contribution in [1.82, 2.24) is 9.29 Å². The summed E-state index contributed by atoms with van der Waals surface area (Å²) in [5.74, 6) is 0.515. The molecular weight excluding hydrogens is 298 g/mol. The molecule has 0 unspecified atom stereocenters. The molecule has 2 rings (SSSR count). The van der Waals surface area contributed by atoms with Gasteiger partial charge in [0.25, 0.3) is 0 Å². The maximum absolute atomic E-state index is 12.6. The van der Waals surface area contributed by atoms with E-state index in [1.54, 1.807) is 4.31 Å². The quantitative estimate of drug-likeness (QED) is 0.840. The molecular formula is C13H20ClN3O2S. The minimum Gasteiger partial charge on any atom is -0.369 e. The van der Waals surface area contributed by atoms with Gasteiger partial charge in [-0.25, -0.2) is 13.4 Å². The highest BCUT2D eigenvalue weighted by molar-refractivity contribution is 7.89. The average Bonchev–Trinajstić information content (AvgIpc) is 3.22. The van der Waals surface area contributed by atoms with Crippen molar-refractivity contribution in [2.45, 2.75) is 44.0 Å². The van der Waals surface area contributed by atoms with Crippen LogP contribution in [0.15, 0.2) is 17.2 Å². The third-order valence-corrected chi connectivity index (χ3v) is 5.37. The Morgan fingerprint density at radius 1 is 1.45 bits per heavy atom. The second-order valence-electron chi connectivity index (χ2n) is 4.88. The van der Waals surface area contributed by atoms with Crippen LogP contribution in [0.25, 0.3) is 0 Å². The first-order chi connectivity index (χ1) is 9.50. The lowest BCUT2D eigenvalue weighted by Crippen LogP contribution is -2.33. The highest BCUT2D eigenvalue weighted by Crippen LogP contribution is 2.33. The number of hydrogen-bond donors (Lipinski definition) is 1. The van der Waals surface area contributed by atoms with Crippen molar-refractivity contribution in [2.75, 3.05) is 18.4 Å². The zero-order valence-corrected chi connectivity index (χ0v) is 13.3. The van der Waals surface area contributed by atoms with E-state index in [-0.39, 0.29) is 10.9 Å². The molecule has 5 nitrogen and oxygen atoms in total. The van der Waals surface area contributed by atoms with Crippen molar-refractivity contribution in [1.29, 1.82) is 0 Å². The van der Waals surface area contributed by atoms with Crippen LogP contribution in [0.2, 0.25) is 5.02 Å². The van der Waals surface area contributed by atoms with Crippen molar-refractivity contribution in [3.8, 4) is 0 Å². The smallest absolute Gasteiger partial charge is 0.244 e. The Morgan fingerprint density at radius 2 is 2.15 bits per heavy atom. The van der Waals surface area contributed by atoms with Gasteiger partial charge in [0.1, 0.15) is 10.7 Å². The molecule has 0 atom stereocenters. The Balaban J connectivity index is 2.30. The van der Waals surface area contributed by atoms with Crippen molar-refractivity contribution >= 4 is 27.4 Å². The van der Waals surface area contributed by atoms with E-state index in [1.165, 1.54) is 12.3 Å². The van der Waals surface area contributed by atoms with Gasteiger partial charge in [0.05, 0.1) is 5.02 Å². The molecule has 1 heterocycles. The minimum absolute atomic E-state index is 0.146. The van der Waals surface area contributed by atoms with Crippen LogP contribution < -0.4 is 5.32 Å². The molecule has 1 fully saturated rings. The van der Waals surface area contributed by atoms with Gasteiger partial charge in [-0.05, 0) is 32.3 Å². The molecule has 0 radical (unpaired) electrons. The molecule has 1 aromatic heterocycles. The number of nitrogens with zero attached hydrogens (tertiary/aromatic N) is 2. The number of nitrogens with one attached hydrogen (secondary N) is 1. The average molecular weight is 318 g/mol. The Morgan fingerprint density at radius 3 is 2.65 bits per heavy atom. The maximum atomic E-state index is 12.6. The summed E-state index contributed by atoms with van der Waals surface area (Å²) in [4.78, 5) is 4.28. The molecule has 112 valence electrons. The van der Waals surface area contributed by atoms with Gasteiger partial charge in [0.2, 0.25) is 10.0 Å². The fraction of sp³-hybridized carbons (Fsp3) is 0.615. The molecule has 0 aromatic carbocycles. The molecule has 0 saturated heterocycles. The zero-order chi connectivity index (χ0) is 14.8. The first kappa shape index (κ1) is 15.5. The van der Waals surface area contributed by atoms with Crippen molar-refractivity contribution in [3.63, 3.8) is 0 Å². The number of hydrogen-bond acceptors (Lipinski definition) is 4. The van der Waals surface area contributed by atoms with Crippen LogP contribution in [0.1, 0.15) is 33.1 Å². The zero-order valence-electron chi connectivity index (χ0n) is 11.8. The summed E-state index contributed by atoms with van der Waals surface area (Å²) >= 11 is 6.08. The molecule has 1 aromatic rings. The summed E-state index contributed by atoms with van der Waals surface area (Å²) < 4.78 is 26.8. The first-order valence-electron chi connectivity index (χ1n) is 6.92. The summed E-state index contributed by atoms with van der Waals surface area (Å²) in [6.45, 7) is 5.13. The van der Waals surface area contributed by atoms with Gasteiger partial charge in [-0.1, -0.05) is 18.5 Å². The molecule has 1 aliphatic rings. The molecule has 1 N–H and O–H groups in total. The molecule has 1 aliphatic carbocycles. The summed E-state index contributed by atoms with van der Waals surface area (Å²) in [6, 6.07) is 1.62. The number of sulfonamides is 1. The normalized spacial score (nSPS) is 15.6. The van der Waals surface area contributed by atoms with Gasteiger partial charge in [0.15, 0.2) is 0 Å². The molecule has 20 heavy (non-hydrogen) atoms. The van der Waals surface area contributed by atoms with Gasteiger partial charge in [-0.15, -0.1) is 0 Å². The number of aromatic nitrogens is 1. The topological polar surface area (TPSA) is 62.3 Å². The van der Waals surface area contributed by atoms with Gasteiger partial charge >= 0.3 is 0 Å². The standard InChI is InChI=1S/C13H20ClN3O2S/c1-3-7-17(10-5-6-10)20(18,19)11-8-12(14)13(15-4-2)16-9-11/h8-10H,3-7H2,1-2H3,(H,15,16). The highest BCUT2D eigenvalue weighted by atomic mass is 35.5. The molecule has 0 amide bonds. The Bertz CT molecular complexity index is 573. The Kier molecular flexibility index (Phi) is 4.88. The number of anilines is 1. The van der Waals surface area contributed by atoms with Gasteiger partial charge in [0, 0.05) is 25.3 Å².